The number of ether oxygens (including phenoxy) is 1. The molecule has 0 spiro atoms. The molecule has 4 heteroatoms. The number of benzene rings is 1. The van der Waals surface area contributed by atoms with Crippen LogP contribution in [0.2, 0.25) is 0 Å². The van der Waals surface area contributed by atoms with Crippen molar-refractivity contribution < 1.29 is 4.74 Å². The number of guanidine groups is 1. The molecular formula is C16H23N3O. The van der Waals surface area contributed by atoms with Gasteiger partial charge in [-0.05, 0) is 30.4 Å². The second-order valence-corrected chi connectivity index (χ2v) is 5.55. The Morgan fingerprint density at radius 3 is 3.00 bits per heavy atom. The van der Waals surface area contributed by atoms with Crippen LogP contribution in [0.15, 0.2) is 29.3 Å². The summed E-state index contributed by atoms with van der Waals surface area (Å²) in [6.45, 7) is 4.70. The largest absolute Gasteiger partial charge is 0.376 e. The Balaban J connectivity index is 1.81. The van der Waals surface area contributed by atoms with Crippen molar-refractivity contribution in [3.05, 3.63) is 35.4 Å². The highest BCUT2D eigenvalue weighted by molar-refractivity contribution is 5.80. The molecule has 1 saturated heterocycles. The number of nitrogens with zero attached hydrogens (tertiary/aromatic N) is 2. The molecule has 0 amide bonds. The highest BCUT2D eigenvalue weighted by Gasteiger charge is 2.31. The minimum absolute atomic E-state index is 0.273. The summed E-state index contributed by atoms with van der Waals surface area (Å²) in [6.07, 6.45) is 3.64. The number of aryl methyl sites for hydroxylation is 1. The molecule has 0 aliphatic carbocycles. The summed E-state index contributed by atoms with van der Waals surface area (Å²) in [6, 6.07) is 8.89. The van der Waals surface area contributed by atoms with Crippen LogP contribution in [0.1, 0.15) is 36.9 Å². The van der Waals surface area contributed by atoms with Gasteiger partial charge in [0.05, 0.1) is 18.7 Å². The quantitative estimate of drug-likeness (QED) is 0.914. The van der Waals surface area contributed by atoms with Crippen molar-refractivity contribution in [2.75, 3.05) is 19.7 Å². The van der Waals surface area contributed by atoms with E-state index in [1.54, 1.807) is 0 Å². The molecular weight excluding hydrogens is 250 g/mol. The molecule has 20 heavy (non-hydrogen) atoms. The maximum atomic E-state index is 6.10. The first-order valence-corrected chi connectivity index (χ1v) is 7.55. The Morgan fingerprint density at radius 2 is 2.25 bits per heavy atom. The highest BCUT2D eigenvalue weighted by atomic mass is 16.5. The molecule has 3 rings (SSSR count). The number of hydrogen-bond donors (Lipinski definition) is 1. The van der Waals surface area contributed by atoms with Gasteiger partial charge in [-0.2, -0.15) is 0 Å². The summed E-state index contributed by atoms with van der Waals surface area (Å²) in [7, 11) is 0. The fourth-order valence-electron chi connectivity index (χ4n) is 3.21. The summed E-state index contributed by atoms with van der Waals surface area (Å²) < 4.78 is 5.75. The maximum Gasteiger partial charge on any atom is 0.192 e. The zero-order chi connectivity index (χ0) is 13.9. The van der Waals surface area contributed by atoms with Gasteiger partial charge < -0.3 is 15.4 Å². The normalized spacial score (nSPS) is 26.1. The van der Waals surface area contributed by atoms with E-state index in [-0.39, 0.29) is 6.04 Å². The van der Waals surface area contributed by atoms with E-state index in [2.05, 4.69) is 41.1 Å². The Hall–Kier alpha value is -1.55. The van der Waals surface area contributed by atoms with E-state index < -0.39 is 0 Å². The van der Waals surface area contributed by atoms with Gasteiger partial charge in [0, 0.05) is 13.2 Å². The molecule has 2 aliphatic heterocycles. The molecule has 2 atom stereocenters. The highest BCUT2D eigenvalue weighted by Crippen LogP contribution is 2.29. The third kappa shape index (κ3) is 2.52. The predicted octanol–water partition coefficient (Wildman–Crippen LogP) is 2.10. The monoisotopic (exact) mass is 273 g/mol. The number of rotatable bonds is 4. The molecule has 1 fully saturated rings. The van der Waals surface area contributed by atoms with Crippen LogP contribution >= 0.6 is 0 Å². The van der Waals surface area contributed by atoms with E-state index in [1.807, 2.05) is 0 Å². The fraction of sp³-hybridized carbons (Fsp3) is 0.562. The first kappa shape index (κ1) is 13.4. The van der Waals surface area contributed by atoms with Crippen LogP contribution in [0.3, 0.4) is 0 Å². The smallest absolute Gasteiger partial charge is 0.192 e. The lowest BCUT2D eigenvalue weighted by molar-refractivity contribution is 0.0852. The third-order valence-electron chi connectivity index (χ3n) is 4.32. The van der Waals surface area contributed by atoms with Crippen molar-refractivity contribution >= 4 is 5.96 Å². The molecule has 0 saturated carbocycles. The second-order valence-electron chi connectivity index (χ2n) is 5.55. The lowest BCUT2D eigenvalue weighted by atomic mass is 9.98. The van der Waals surface area contributed by atoms with Crippen LogP contribution in [-0.2, 0) is 11.2 Å². The van der Waals surface area contributed by atoms with E-state index in [1.165, 1.54) is 11.1 Å². The van der Waals surface area contributed by atoms with Crippen molar-refractivity contribution in [2.24, 2.45) is 10.7 Å². The Morgan fingerprint density at radius 1 is 1.40 bits per heavy atom. The number of aliphatic imine (C=N–C) groups is 1. The minimum atomic E-state index is 0.273. The van der Waals surface area contributed by atoms with Gasteiger partial charge in [-0.1, -0.05) is 31.2 Å². The summed E-state index contributed by atoms with van der Waals surface area (Å²) >= 11 is 0. The molecule has 1 aromatic rings. The van der Waals surface area contributed by atoms with Gasteiger partial charge in [-0.3, -0.25) is 4.99 Å². The van der Waals surface area contributed by atoms with Crippen molar-refractivity contribution in [2.45, 2.75) is 38.3 Å². The Labute approximate surface area is 120 Å². The molecule has 4 nitrogen and oxygen atoms in total. The van der Waals surface area contributed by atoms with Crippen LogP contribution in [0, 0.1) is 0 Å². The Bertz CT molecular complexity index is 494. The van der Waals surface area contributed by atoms with Gasteiger partial charge in [-0.15, -0.1) is 0 Å². The molecule has 0 aromatic heterocycles. The van der Waals surface area contributed by atoms with E-state index in [0.29, 0.717) is 12.1 Å². The van der Waals surface area contributed by atoms with Crippen LogP contribution in [0.25, 0.3) is 0 Å². The Kier molecular flexibility index (Phi) is 3.92. The first-order valence-electron chi connectivity index (χ1n) is 7.55. The van der Waals surface area contributed by atoms with E-state index in [4.69, 9.17) is 10.5 Å². The van der Waals surface area contributed by atoms with Crippen LogP contribution in [0.4, 0.5) is 0 Å². The SMILES string of the molecule is CCc1ccccc1C1CN=C(N)N1CC1CCCO1. The van der Waals surface area contributed by atoms with Crippen molar-refractivity contribution in [1.29, 1.82) is 0 Å². The zero-order valence-corrected chi connectivity index (χ0v) is 12.1. The number of nitrogens with two attached hydrogens (primary N) is 1. The maximum absolute atomic E-state index is 6.10. The van der Waals surface area contributed by atoms with Crippen LogP contribution in [0.5, 0.6) is 0 Å². The molecule has 108 valence electrons. The third-order valence-corrected chi connectivity index (χ3v) is 4.32. The van der Waals surface area contributed by atoms with E-state index >= 15 is 0 Å². The van der Waals surface area contributed by atoms with Crippen LogP contribution in [-0.4, -0.2) is 36.7 Å². The zero-order valence-electron chi connectivity index (χ0n) is 12.1. The van der Waals surface area contributed by atoms with E-state index in [9.17, 15) is 0 Å². The topological polar surface area (TPSA) is 50.8 Å². The molecule has 1 aromatic carbocycles. The number of hydrogen-bond acceptors (Lipinski definition) is 4. The van der Waals surface area contributed by atoms with Gasteiger partial charge >= 0.3 is 0 Å². The van der Waals surface area contributed by atoms with Gasteiger partial charge in [0.25, 0.3) is 0 Å². The molecule has 0 bridgehead atoms. The summed E-state index contributed by atoms with van der Waals surface area (Å²) in [5.74, 6) is 0.663. The van der Waals surface area contributed by atoms with Crippen molar-refractivity contribution in [3.63, 3.8) is 0 Å². The molecule has 2 N–H and O–H groups in total. The summed E-state index contributed by atoms with van der Waals surface area (Å²) in [5.41, 5.74) is 8.84. The molecule has 2 unspecified atom stereocenters. The second kappa shape index (κ2) is 5.83. The average Bonchev–Trinajstić information content (AvgIpc) is 3.11. The fourth-order valence-corrected chi connectivity index (χ4v) is 3.21. The van der Waals surface area contributed by atoms with Crippen LogP contribution < -0.4 is 5.73 Å². The van der Waals surface area contributed by atoms with Crippen molar-refractivity contribution in [3.8, 4) is 0 Å². The van der Waals surface area contributed by atoms with Gasteiger partial charge in [0.2, 0.25) is 0 Å². The van der Waals surface area contributed by atoms with Gasteiger partial charge in [0.15, 0.2) is 5.96 Å². The summed E-state index contributed by atoms with van der Waals surface area (Å²) in [5, 5.41) is 0. The van der Waals surface area contributed by atoms with E-state index in [0.717, 1.165) is 39.0 Å². The first-order chi connectivity index (χ1) is 9.79. The molecule has 2 aliphatic rings. The van der Waals surface area contributed by atoms with Gasteiger partial charge in [-0.25, -0.2) is 0 Å². The molecule has 0 radical (unpaired) electrons. The lowest BCUT2D eigenvalue weighted by Crippen LogP contribution is -2.41. The van der Waals surface area contributed by atoms with Gasteiger partial charge in [0.1, 0.15) is 0 Å². The van der Waals surface area contributed by atoms with Crippen molar-refractivity contribution in [1.82, 2.24) is 4.90 Å². The predicted molar refractivity (Wildman–Crippen MR) is 80.7 cm³/mol. The summed E-state index contributed by atoms with van der Waals surface area (Å²) in [4.78, 5) is 6.68. The average molecular weight is 273 g/mol. The standard InChI is InChI=1S/C16H23N3O/c1-2-12-6-3-4-8-14(12)15-10-18-16(17)19(15)11-13-7-5-9-20-13/h3-4,6,8,13,15H,2,5,7,9-11H2,1H3,(H2,17,18). The molecule has 2 heterocycles. The minimum Gasteiger partial charge on any atom is -0.376 e. The lowest BCUT2D eigenvalue weighted by Gasteiger charge is -2.30.